The van der Waals surface area contributed by atoms with Gasteiger partial charge in [0.2, 0.25) is 21.8 Å². The minimum absolute atomic E-state index is 0.0410. The lowest BCUT2D eigenvalue weighted by Gasteiger charge is -2.33. The van der Waals surface area contributed by atoms with Crippen molar-refractivity contribution < 1.29 is 22.7 Å². The second-order valence-electron chi connectivity index (χ2n) is 8.77. The zero-order valence-electron chi connectivity index (χ0n) is 21.9. The molecule has 0 aliphatic carbocycles. The van der Waals surface area contributed by atoms with E-state index in [1.54, 1.807) is 42.5 Å². The Morgan fingerprint density at radius 3 is 2.23 bits per heavy atom. The summed E-state index contributed by atoms with van der Waals surface area (Å²) in [5, 5.41) is 3.38. The van der Waals surface area contributed by atoms with Gasteiger partial charge in [-0.2, -0.15) is 0 Å². The predicted octanol–water partition coefficient (Wildman–Crippen LogP) is 4.54. The largest absolute Gasteiger partial charge is 0.494 e. The van der Waals surface area contributed by atoms with Gasteiger partial charge in [-0.15, -0.1) is 0 Å². The monoisotopic (exact) mass is 591 g/mol. The Hall–Kier alpha value is -3.27. The Bertz CT molecular complexity index is 1390. The van der Waals surface area contributed by atoms with Crippen LogP contribution in [0.5, 0.6) is 5.75 Å². The number of sulfonamides is 1. The van der Waals surface area contributed by atoms with Gasteiger partial charge in [0.15, 0.2) is 0 Å². The third kappa shape index (κ3) is 8.36. The summed E-state index contributed by atoms with van der Waals surface area (Å²) in [6, 6.07) is 19.6. The molecule has 3 rings (SSSR count). The number of benzene rings is 3. The lowest BCUT2D eigenvalue weighted by Crippen LogP contribution is -2.52. The number of nitrogens with one attached hydrogen (secondary N) is 1. The molecule has 0 fully saturated rings. The van der Waals surface area contributed by atoms with Gasteiger partial charge in [-0.1, -0.05) is 59.6 Å². The molecule has 0 saturated carbocycles. The van der Waals surface area contributed by atoms with E-state index in [2.05, 4.69) is 5.32 Å². The van der Waals surface area contributed by atoms with Gasteiger partial charge in [0.05, 0.1) is 18.6 Å². The number of carbonyl (C=O) groups is 2. The molecule has 0 aliphatic heterocycles. The molecule has 11 heteroatoms. The zero-order valence-corrected chi connectivity index (χ0v) is 24.3. The average Bonchev–Trinajstić information content (AvgIpc) is 2.90. The number of hydrogen-bond donors (Lipinski definition) is 1. The molecule has 8 nitrogen and oxygen atoms in total. The zero-order chi connectivity index (χ0) is 28.6. The average molecular weight is 593 g/mol. The van der Waals surface area contributed by atoms with Crippen molar-refractivity contribution in [2.24, 2.45) is 0 Å². The molecule has 0 unspecified atom stereocenters. The summed E-state index contributed by atoms with van der Waals surface area (Å²) < 4.78 is 32.1. The number of ether oxygens (including phenoxy) is 1. The Labute approximate surface area is 239 Å². The highest BCUT2D eigenvalue weighted by Crippen LogP contribution is 2.26. The Morgan fingerprint density at radius 2 is 1.67 bits per heavy atom. The maximum atomic E-state index is 13.9. The van der Waals surface area contributed by atoms with Crippen LogP contribution < -0.4 is 14.4 Å². The van der Waals surface area contributed by atoms with E-state index in [1.165, 1.54) is 11.9 Å². The lowest BCUT2D eigenvalue weighted by molar-refractivity contribution is -0.139. The van der Waals surface area contributed by atoms with Crippen LogP contribution in [0, 0.1) is 0 Å². The normalized spacial score (nSPS) is 11.9. The highest BCUT2D eigenvalue weighted by Gasteiger charge is 2.33. The first-order valence-electron chi connectivity index (χ1n) is 12.2. The van der Waals surface area contributed by atoms with Gasteiger partial charge in [0, 0.05) is 30.1 Å². The van der Waals surface area contributed by atoms with Gasteiger partial charge < -0.3 is 15.0 Å². The first-order chi connectivity index (χ1) is 18.5. The molecule has 3 aromatic rings. The van der Waals surface area contributed by atoms with E-state index in [1.807, 2.05) is 37.3 Å². The molecule has 1 atom stereocenters. The summed E-state index contributed by atoms with van der Waals surface area (Å²) >= 11 is 12.5. The van der Waals surface area contributed by atoms with Crippen LogP contribution in [0.15, 0.2) is 72.8 Å². The van der Waals surface area contributed by atoms with E-state index in [-0.39, 0.29) is 13.0 Å². The molecule has 1 N–H and O–H groups in total. The number of halogens is 2. The molecule has 0 heterocycles. The van der Waals surface area contributed by atoms with Gasteiger partial charge >= 0.3 is 0 Å². The maximum absolute atomic E-state index is 13.9. The fourth-order valence-electron chi connectivity index (χ4n) is 4.04. The standard InChI is InChI=1S/C28H31Cl2N3O5S/c1-4-38-24-14-12-23(13-15-24)33(39(3,36)37)19-27(34)32(18-21-10-11-22(29)17-25(21)30)26(28(35)31-2)16-20-8-6-5-7-9-20/h5-15,17,26H,4,16,18-19H2,1-3H3,(H,31,35)/t26-/m1/s1. The van der Waals surface area contributed by atoms with Crippen LogP contribution in [-0.2, 0) is 32.6 Å². The van der Waals surface area contributed by atoms with Crippen molar-refractivity contribution >= 4 is 50.7 Å². The van der Waals surface area contributed by atoms with Crippen LogP contribution in [-0.4, -0.2) is 57.6 Å². The van der Waals surface area contributed by atoms with Crippen molar-refractivity contribution in [1.29, 1.82) is 0 Å². The third-order valence-corrected chi connectivity index (χ3v) is 7.72. The first-order valence-corrected chi connectivity index (χ1v) is 14.8. The van der Waals surface area contributed by atoms with Crippen molar-refractivity contribution in [2.75, 3.05) is 30.8 Å². The van der Waals surface area contributed by atoms with Gasteiger partial charge in [-0.05, 0) is 54.4 Å². The van der Waals surface area contributed by atoms with E-state index < -0.39 is 34.4 Å². The Balaban J connectivity index is 2.02. The number of anilines is 1. The molecular formula is C28H31Cl2N3O5S. The van der Waals surface area contributed by atoms with Crippen molar-refractivity contribution in [3.05, 3.63) is 94.0 Å². The minimum atomic E-state index is -3.87. The van der Waals surface area contributed by atoms with E-state index >= 15 is 0 Å². The second-order valence-corrected chi connectivity index (χ2v) is 11.5. The van der Waals surface area contributed by atoms with Gasteiger partial charge in [-0.3, -0.25) is 13.9 Å². The molecule has 208 valence electrons. The molecule has 0 radical (unpaired) electrons. The smallest absolute Gasteiger partial charge is 0.244 e. The number of rotatable bonds is 12. The van der Waals surface area contributed by atoms with Crippen molar-refractivity contribution in [1.82, 2.24) is 10.2 Å². The summed E-state index contributed by atoms with van der Waals surface area (Å²) in [5.41, 5.74) is 1.68. The van der Waals surface area contributed by atoms with Crippen LogP contribution >= 0.6 is 23.2 Å². The quantitative estimate of drug-likeness (QED) is 0.333. The van der Waals surface area contributed by atoms with Crippen molar-refractivity contribution in [3.8, 4) is 5.75 Å². The van der Waals surface area contributed by atoms with Crippen LogP contribution in [0.4, 0.5) is 5.69 Å². The topological polar surface area (TPSA) is 96.0 Å². The number of carbonyl (C=O) groups excluding carboxylic acids is 2. The third-order valence-electron chi connectivity index (χ3n) is 5.99. The summed E-state index contributed by atoms with van der Waals surface area (Å²) in [7, 11) is -2.38. The molecule has 3 aromatic carbocycles. The maximum Gasteiger partial charge on any atom is 0.244 e. The highest BCUT2D eigenvalue weighted by atomic mass is 35.5. The minimum Gasteiger partial charge on any atom is -0.494 e. The van der Waals surface area contributed by atoms with Crippen LogP contribution in [0.3, 0.4) is 0 Å². The predicted molar refractivity (Wildman–Crippen MR) is 155 cm³/mol. The molecule has 0 aromatic heterocycles. The van der Waals surface area contributed by atoms with E-state index in [0.29, 0.717) is 33.7 Å². The van der Waals surface area contributed by atoms with Crippen LogP contribution in [0.2, 0.25) is 10.0 Å². The fourth-order valence-corrected chi connectivity index (χ4v) is 5.36. The second kappa shape index (κ2) is 13.7. The fraction of sp³-hybridized carbons (Fsp3) is 0.286. The Kier molecular flexibility index (Phi) is 10.6. The summed E-state index contributed by atoms with van der Waals surface area (Å²) in [4.78, 5) is 28.4. The number of hydrogen-bond acceptors (Lipinski definition) is 5. The van der Waals surface area contributed by atoms with Crippen molar-refractivity contribution in [3.63, 3.8) is 0 Å². The van der Waals surface area contributed by atoms with E-state index in [9.17, 15) is 18.0 Å². The molecule has 2 amide bonds. The first kappa shape index (κ1) is 30.3. The molecule has 0 aliphatic rings. The SMILES string of the molecule is CCOc1ccc(N(CC(=O)N(Cc2ccc(Cl)cc2Cl)[C@H](Cc2ccccc2)C(=O)NC)S(C)(=O)=O)cc1. The molecule has 39 heavy (non-hydrogen) atoms. The molecule has 0 spiro atoms. The number of likely N-dealkylation sites (N-methyl/N-ethyl adjacent to an activating group) is 1. The van der Waals surface area contributed by atoms with Crippen LogP contribution in [0.1, 0.15) is 18.1 Å². The summed E-state index contributed by atoms with van der Waals surface area (Å²) in [6.07, 6.45) is 1.23. The number of nitrogens with zero attached hydrogens (tertiary/aromatic N) is 2. The van der Waals surface area contributed by atoms with E-state index in [0.717, 1.165) is 16.1 Å². The Morgan fingerprint density at radius 1 is 1.00 bits per heavy atom. The molecule has 0 saturated heterocycles. The van der Waals surface area contributed by atoms with Crippen molar-refractivity contribution in [2.45, 2.75) is 25.9 Å². The molecular weight excluding hydrogens is 561 g/mol. The van der Waals surface area contributed by atoms with Crippen LogP contribution in [0.25, 0.3) is 0 Å². The van der Waals surface area contributed by atoms with E-state index in [4.69, 9.17) is 27.9 Å². The van der Waals surface area contributed by atoms with Gasteiger partial charge in [0.1, 0.15) is 18.3 Å². The highest BCUT2D eigenvalue weighted by molar-refractivity contribution is 7.92. The summed E-state index contributed by atoms with van der Waals surface area (Å²) in [6.45, 7) is 1.73. The van der Waals surface area contributed by atoms with Gasteiger partial charge in [-0.25, -0.2) is 8.42 Å². The summed E-state index contributed by atoms with van der Waals surface area (Å²) in [5.74, 6) is -0.406. The molecule has 0 bridgehead atoms. The lowest BCUT2D eigenvalue weighted by atomic mass is 10.0. The number of amides is 2. The van der Waals surface area contributed by atoms with Gasteiger partial charge in [0.25, 0.3) is 0 Å².